The Morgan fingerprint density at radius 1 is 1.35 bits per heavy atom. The van der Waals surface area contributed by atoms with Gasteiger partial charge in [-0.05, 0) is 59.5 Å². The van der Waals surface area contributed by atoms with E-state index in [1.165, 1.54) is 0 Å². The fourth-order valence-electron chi connectivity index (χ4n) is 2.18. The molecule has 1 saturated heterocycles. The van der Waals surface area contributed by atoms with Crippen LogP contribution < -0.4 is 0 Å². The SMILES string of the molecule is CC1CCN(C(=O)COC(=O)c2cccc(I)c2)CC1. The highest BCUT2D eigenvalue weighted by molar-refractivity contribution is 14.1. The summed E-state index contributed by atoms with van der Waals surface area (Å²) in [5.41, 5.74) is 0.483. The minimum atomic E-state index is -0.442. The first-order chi connectivity index (χ1) is 9.56. The number of piperidine rings is 1. The quantitative estimate of drug-likeness (QED) is 0.592. The Morgan fingerprint density at radius 3 is 2.70 bits per heavy atom. The van der Waals surface area contributed by atoms with Crippen molar-refractivity contribution >= 4 is 34.5 Å². The summed E-state index contributed by atoms with van der Waals surface area (Å²) in [6, 6.07) is 7.14. The third-order valence-corrected chi connectivity index (χ3v) is 4.19. The van der Waals surface area contributed by atoms with Crippen LogP contribution in [0.15, 0.2) is 24.3 Å². The van der Waals surface area contributed by atoms with Crippen LogP contribution in [0.5, 0.6) is 0 Å². The molecule has 0 spiro atoms. The van der Waals surface area contributed by atoms with Gasteiger partial charge in [0.25, 0.3) is 5.91 Å². The Kier molecular flexibility index (Phi) is 5.39. The van der Waals surface area contributed by atoms with Crippen molar-refractivity contribution in [3.05, 3.63) is 33.4 Å². The highest BCUT2D eigenvalue weighted by Crippen LogP contribution is 2.16. The van der Waals surface area contributed by atoms with Crippen LogP contribution in [-0.2, 0) is 9.53 Å². The number of carbonyl (C=O) groups is 2. The molecule has 20 heavy (non-hydrogen) atoms. The van der Waals surface area contributed by atoms with Gasteiger partial charge in [-0.3, -0.25) is 4.79 Å². The van der Waals surface area contributed by atoms with E-state index in [9.17, 15) is 9.59 Å². The zero-order valence-electron chi connectivity index (χ0n) is 11.5. The second-order valence-electron chi connectivity index (χ2n) is 5.15. The van der Waals surface area contributed by atoms with Crippen molar-refractivity contribution in [2.24, 2.45) is 5.92 Å². The second-order valence-corrected chi connectivity index (χ2v) is 6.40. The Morgan fingerprint density at radius 2 is 2.05 bits per heavy atom. The monoisotopic (exact) mass is 387 g/mol. The summed E-state index contributed by atoms with van der Waals surface area (Å²) < 4.78 is 6.06. The predicted octanol–water partition coefficient (Wildman–Crippen LogP) is 2.71. The predicted molar refractivity (Wildman–Crippen MR) is 84.4 cm³/mol. The van der Waals surface area contributed by atoms with E-state index >= 15 is 0 Å². The van der Waals surface area contributed by atoms with Crippen LogP contribution >= 0.6 is 22.6 Å². The molecule has 5 heteroatoms. The number of esters is 1. The van der Waals surface area contributed by atoms with Crippen molar-refractivity contribution in [1.82, 2.24) is 4.90 Å². The van der Waals surface area contributed by atoms with Gasteiger partial charge >= 0.3 is 5.97 Å². The normalized spacial score (nSPS) is 16.0. The number of hydrogen-bond donors (Lipinski definition) is 0. The molecular weight excluding hydrogens is 369 g/mol. The van der Waals surface area contributed by atoms with Crippen LogP contribution in [0.4, 0.5) is 0 Å². The topological polar surface area (TPSA) is 46.6 Å². The van der Waals surface area contributed by atoms with Crippen LogP contribution in [0.1, 0.15) is 30.1 Å². The highest BCUT2D eigenvalue weighted by atomic mass is 127. The largest absolute Gasteiger partial charge is 0.452 e. The zero-order valence-corrected chi connectivity index (χ0v) is 13.6. The summed E-state index contributed by atoms with van der Waals surface area (Å²) in [6.07, 6.45) is 2.05. The van der Waals surface area contributed by atoms with Gasteiger partial charge in [-0.2, -0.15) is 0 Å². The number of hydrogen-bond acceptors (Lipinski definition) is 3. The molecule has 0 aliphatic carbocycles. The summed E-state index contributed by atoms with van der Waals surface area (Å²) in [6.45, 7) is 3.55. The molecule has 0 unspecified atom stereocenters. The first-order valence-electron chi connectivity index (χ1n) is 6.76. The van der Waals surface area contributed by atoms with E-state index in [0.717, 1.165) is 29.5 Å². The molecule has 0 atom stereocenters. The van der Waals surface area contributed by atoms with Crippen LogP contribution in [0.2, 0.25) is 0 Å². The van der Waals surface area contributed by atoms with Gasteiger partial charge < -0.3 is 9.64 Å². The molecule has 1 heterocycles. The number of carbonyl (C=O) groups excluding carboxylic acids is 2. The van der Waals surface area contributed by atoms with Crippen molar-refractivity contribution in [1.29, 1.82) is 0 Å². The molecule has 0 radical (unpaired) electrons. The first kappa shape index (κ1) is 15.3. The number of likely N-dealkylation sites (tertiary alicyclic amines) is 1. The lowest BCUT2D eigenvalue weighted by molar-refractivity contribution is -0.135. The minimum Gasteiger partial charge on any atom is -0.452 e. The lowest BCUT2D eigenvalue weighted by Gasteiger charge is -2.30. The van der Waals surface area contributed by atoms with Crippen molar-refractivity contribution in [3.8, 4) is 0 Å². The molecule has 0 N–H and O–H groups in total. The average Bonchev–Trinajstić information content (AvgIpc) is 2.45. The lowest BCUT2D eigenvalue weighted by Crippen LogP contribution is -2.40. The van der Waals surface area contributed by atoms with E-state index in [1.54, 1.807) is 23.1 Å². The van der Waals surface area contributed by atoms with Gasteiger partial charge in [0.1, 0.15) is 0 Å². The number of amides is 1. The minimum absolute atomic E-state index is 0.101. The summed E-state index contributed by atoms with van der Waals surface area (Å²) in [5, 5.41) is 0. The Balaban J connectivity index is 1.82. The maximum absolute atomic E-state index is 12.0. The van der Waals surface area contributed by atoms with Gasteiger partial charge in [0.05, 0.1) is 5.56 Å². The van der Waals surface area contributed by atoms with Gasteiger partial charge in [0.15, 0.2) is 6.61 Å². The third kappa shape index (κ3) is 4.19. The van der Waals surface area contributed by atoms with E-state index in [-0.39, 0.29) is 12.5 Å². The fraction of sp³-hybridized carbons (Fsp3) is 0.467. The van der Waals surface area contributed by atoms with E-state index in [2.05, 4.69) is 29.5 Å². The molecule has 1 aliphatic rings. The Hall–Kier alpha value is -1.11. The van der Waals surface area contributed by atoms with Gasteiger partial charge in [-0.1, -0.05) is 13.0 Å². The van der Waals surface area contributed by atoms with Crippen molar-refractivity contribution in [2.45, 2.75) is 19.8 Å². The summed E-state index contributed by atoms with van der Waals surface area (Å²) >= 11 is 2.13. The van der Waals surface area contributed by atoms with E-state index in [4.69, 9.17) is 4.74 Å². The molecule has 108 valence electrons. The summed E-state index contributed by atoms with van der Waals surface area (Å²) in [5.74, 6) is 0.131. The van der Waals surface area contributed by atoms with Crippen LogP contribution in [0.3, 0.4) is 0 Å². The Labute approximate surface area is 132 Å². The molecule has 0 bridgehead atoms. The van der Waals surface area contributed by atoms with E-state index < -0.39 is 5.97 Å². The van der Waals surface area contributed by atoms with Crippen LogP contribution in [0.25, 0.3) is 0 Å². The molecule has 4 nitrogen and oxygen atoms in total. The van der Waals surface area contributed by atoms with E-state index in [1.807, 2.05) is 6.07 Å². The fourth-order valence-corrected chi connectivity index (χ4v) is 2.72. The number of benzene rings is 1. The van der Waals surface area contributed by atoms with Crippen LogP contribution in [-0.4, -0.2) is 36.5 Å². The maximum Gasteiger partial charge on any atom is 0.338 e. The maximum atomic E-state index is 12.0. The number of rotatable bonds is 3. The van der Waals surface area contributed by atoms with Crippen LogP contribution in [0, 0.1) is 9.49 Å². The smallest absolute Gasteiger partial charge is 0.338 e. The molecule has 1 amide bonds. The van der Waals surface area contributed by atoms with Crippen molar-refractivity contribution in [3.63, 3.8) is 0 Å². The molecule has 1 aromatic carbocycles. The second kappa shape index (κ2) is 7.06. The van der Waals surface area contributed by atoms with Gasteiger partial charge in [0.2, 0.25) is 0 Å². The van der Waals surface area contributed by atoms with Crippen molar-refractivity contribution < 1.29 is 14.3 Å². The number of halogens is 1. The molecule has 1 fully saturated rings. The van der Waals surface area contributed by atoms with E-state index in [0.29, 0.717) is 11.5 Å². The molecule has 1 aromatic rings. The molecule has 2 rings (SSSR count). The summed E-state index contributed by atoms with van der Waals surface area (Å²) in [7, 11) is 0. The highest BCUT2D eigenvalue weighted by Gasteiger charge is 2.21. The lowest BCUT2D eigenvalue weighted by atomic mass is 9.99. The molecule has 1 aliphatic heterocycles. The standard InChI is InChI=1S/C15H18INO3/c1-11-5-7-17(8-6-11)14(18)10-20-15(19)12-3-2-4-13(16)9-12/h2-4,9,11H,5-8,10H2,1H3. The molecule has 0 saturated carbocycles. The molecule has 0 aromatic heterocycles. The number of ether oxygens (including phenoxy) is 1. The third-order valence-electron chi connectivity index (χ3n) is 3.52. The average molecular weight is 387 g/mol. The number of nitrogens with zero attached hydrogens (tertiary/aromatic N) is 1. The van der Waals surface area contributed by atoms with Gasteiger partial charge in [-0.15, -0.1) is 0 Å². The van der Waals surface area contributed by atoms with Gasteiger partial charge in [-0.25, -0.2) is 4.79 Å². The van der Waals surface area contributed by atoms with Gasteiger partial charge in [0, 0.05) is 16.7 Å². The van der Waals surface area contributed by atoms with Crippen molar-refractivity contribution in [2.75, 3.05) is 19.7 Å². The Bertz CT molecular complexity index is 496. The first-order valence-corrected chi connectivity index (χ1v) is 7.84. The molecular formula is C15H18INO3. The summed E-state index contributed by atoms with van der Waals surface area (Å²) in [4.78, 5) is 25.6. The zero-order chi connectivity index (χ0) is 14.5.